The number of nitrogens with one attached hydrogen (secondary N) is 1. The summed E-state index contributed by atoms with van der Waals surface area (Å²) in [5.74, 6) is 1.61. The van der Waals surface area contributed by atoms with Crippen LogP contribution >= 0.6 is 0 Å². The lowest BCUT2D eigenvalue weighted by Gasteiger charge is -2.30. The van der Waals surface area contributed by atoms with Crippen molar-refractivity contribution >= 4 is 0 Å². The van der Waals surface area contributed by atoms with E-state index in [1.165, 1.54) is 12.0 Å². The lowest BCUT2D eigenvalue weighted by molar-refractivity contribution is 0.204. The number of hydrogen-bond donors (Lipinski definition) is 1. The molecule has 1 aromatic rings. The first kappa shape index (κ1) is 15.1. The maximum Gasteiger partial charge on any atom is 0.161 e. The molecule has 20 heavy (non-hydrogen) atoms. The summed E-state index contributed by atoms with van der Waals surface area (Å²) in [7, 11) is 3.37. The minimum atomic E-state index is 0.453. The highest BCUT2D eigenvalue weighted by molar-refractivity contribution is 5.43. The maximum absolute atomic E-state index is 5.43. The van der Waals surface area contributed by atoms with Crippen LogP contribution in [0, 0.1) is 0 Å². The summed E-state index contributed by atoms with van der Waals surface area (Å²) in [5.41, 5.74) is 1.31. The molecule has 4 nitrogen and oxygen atoms in total. The van der Waals surface area contributed by atoms with Crippen LogP contribution in [0.3, 0.4) is 0 Å². The third kappa shape index (κ3) is 3.44. The fourth-order valence-corrected chi connectivity index (χ4v) is 2.94. The zero-order valence-electron chi connectivity index (χ0n) is 12.8. The van der Waals surface area contributed by atoms with Gasteiger partial charge in [0.25, 0.3) is 0 Å². The molecule has 1 fully saturated rings. The summed E-state index contributed by atoms with van der Waals surface area (Å²) < 4.78 is 10.7. The van der Waals surface area contributed by atoms with Gasteiger partial charge in [-0.05, 0) is 37.1 Å². The van der Waals surface area contributed by atoms with Gasteiger partial charge in [0, 0.05) is 25.7 Å². The molecule has 4 heteroatoms. The van der Waals surface area contributed by atoms with Crippen LogP contribution in [0.15, 0.2) is 18.2 Å². The van der Waals surface area contributed by atoms with Gasteiger partial charge in [-0.1, -0.05) is 13.0 Å². The Kier molecular flexibility index (Phi) is 5.68. The largest absolute Gasteiger partial charge is 0.493 e. The van der Waals surface area contributed by atoms with Crippen molar-refractivity contribution in [1.82, 2.24) is 10.2 Å². The van der Waals surface area contributed by atoms with Gasteiger partial charge in [-0.3, -0.25) is 4.90 Å². The van der Waals surface area contributed by atoms with Gasteiger partial charge < -0.3 is 14.8 Å². The molecule has 0 amide bonds. The van der Waals surface area contributed by atoms with E-state index in [4.69, 9.17) is 9.47 Å². The van der Waals surface area contributed by atoms with E-state index >= 15 is 0 Å². The van der Waals surface area contributed by atoms with Crippen LogP contribution < -0.4 is 14.8 Å². The van der Waals surface area contributed by atoms with Crippen LogP contribution in [0.1, 0.15) is 31.4 Å². The lowest BCUT2D eigenvalue weighted by Crippen LogP contribution is -2.32. The summed E-state index contributed by atoms with van der Waals surface area (Å²) in [6.07, 6.45) is 2.32. The Morgan fingerprint density at radius 1 is 1.15 bits per heavy atom. The van der Waals surface area contributed by atoms with Crippen LogP contribution in [0.5, 0.6) is 11.5 Å². The van der Waals surface area contributed by atoms with E-state index in [1.807, 2.05) is 6.07 Å². The van der Waals surface area contributed by atoms with Gasteiger partial charge in [-0.15, -0.1) is 0 Å². The molecule has 0 aliphatic carbocycles. The number of benzene rings is 1. The van der Waals surface area contributed by atoms with Gasteiger partial charge in [0.1, 0.15) is 0 Å². The summed E-state index contributed by atoms with van der Waals surface area (Å²) >= 11 is 0. The van der Waals surface area contributed by atoms with E-state index in [1.54, 1.807) is 14.2 Å². The quantitative estimate of drug-likeness (QED) is 0.897. The molecule has 1 aromatic carbocycles. The van der Waals surface area contributed by atoms with Crippen LogP contribution in [0.25, 0.3) is 0 Å². The van der Waals surface area contributed by atoms with Gasteiger partial charge in [-0.25, -0.2) is 0 Å². The second-order valence-corrected chi connectivity index (χ2v) is 5.18. The molecule has 1 saturated heterocycles. The van der Waals surface area contributed by atoms with E-state index in [-0.39, 0.29) is 0 Å². The van der Waals surface area contributed by atoms with Gasteiger partial charge in [0.2, 0.25) is 0 Å². The van der Waals surface area contributed by atoms with Crippen LogP contribution in [0.4, 0.5) is 0 Å². The molecule has 1 heterocycles. The Hall–Kier alpha value is -1.26. The van der Waals surface area contributed by atoms with Crippen LogP contribution in [-0.4, -0.2) is 45.3 Å². The Bertz CT molecular complexity index is 415. The van der Waals surface area contributed by atoms with Gasteiger partial charge in [-0.2, -0.15) is 0 Å². The summed E-state index contributed by atoms with van der Waals surface area (Å²) in [6.45, 7) is 6.70. The van der Waals surface area contributed by atoms with Crippen molar-refractivity contribution < 1.29 is 9.47 Å². The Labute approximate surface area is 122 Å². The molecule has 0 saturated carbocycles. The summed E-state index contributed by atoms with van der Waals surface area (Å²) in [6, 6.07) is 6.74. The highest BCUT2D eigenvalue weighted by Gasteiger charge is 2.21. The van der Waals surface area contributed by atoms with E-state index in [0.717, 1.165) is 44.1 Å². The first-order valence-corrected chi connectivity index (χ1v) is 7.46. The number of rotatable bonds is 5. The first-order chi connectivity index (χ1) is 9.80. The van der Waals surface area contributed by atoms with Crippen LogP contribution in [-0.2, 0) is 0 Å². The zero-order valence-corrected chi connectivity index (χ0v) is 12.8. The average Bonchev–Trinajstić information content (AvgIpc) is 2.77. The molecule has 0 radical (unpaired) electrons. The van der Waals surface area contributed by atoms with Crippen molar-refractivity contribution in [3.63, 3.8) is 0 Å². The van der Waals surface area contributed by atoms with E-state index in [2.05, 4.69) is 29.3 Å². The molecule has 1 unspecified atom stereocenters. The lowest BCUT2D eigenvalue weighted by atomic mass is 10.0. The fourth-order valence-electron chi connectivity index (χ4n) is 2.94. The normalized spacial score (nSPS) is 18.4. The third-order valence-corrected chi connectivity index (χ3v) is 3.99. The highest BCUT2D eigenvalue weighted by atomic mass is 16.5. The fraction of sp³-hybridized carbons (Fsp3) is 0.625. The standard InChI is InChI=1S/C16H26N2O2/c1-4-14(18-10-5-8-17-9-11-18)13-6-7-15(19-2)16(12-13)20-3/h6-7,12,14,17H,4-5,8-11H2,1-3H3. The summed E-state index contributed by atoms with van der Waals surface area (Å²) in [5, 5.41) is 3.46. The molecular formula is C16H26N2O2. The minimum absolute atomic E-state index is 0.453. The van der Waals surface area contributed by atoms with Crippen LogP contribution in [0.2, 0.25) is 0 Å². The molecule has 1 atom stereocenters. The molecule has 1 aliphatic heterocycles. The SMILES string of the molecule is CCC(c1ccc(OC)c(OC)c1)N1CCCNCC1. The van der Waals surface area contributed by atoms with Crippen molar-refractivity contribution in [1.29, 1.82) is 0 Å². The van der Waals surface area contributed by atoms with Crippen molar-refractivity contribution in [3.05, 3.63) is 23.8 Å². The highest BCUT2D eigenvalue weighted by Crippen LogP contribution is 2.33. The molecule has 1 N–H and O–H groups in total. The Balaban J connectivity index is 2.21. The molecule has 0 spiro atoms. The minimum Gasteiger partial charge on any atom is -0.493 e. The molecule has 0 bridgehead atoms. The maximum atomic E-state index is 5.43. The molecule has 1 aliphatic rings. The van der Waals surface area contributed by atoms with Gasteiger partial charge in [0.05, 0.1) is 14.2 Å². The smallest absolute Gasteiger partial charge is 0.161 e. The monoisotopic (exact) mass is 278 g/mol. The second kappa shape index (κ2) is 7.50. The molecular weight excluding hydrogens is 252 g/mol. The van der Waals surface area contributed by atoms with E-state index in [9.17, 15) is 0 Å². The Morgan fingerprint density at radius 3 is 2.65 bits per heavy atom. The zero-order chi connectivity index (χ0) is 14.4. The predicted molar refractivity (Wildman–Crippen MR) is 81.6 cm³/mol. The van der Waals surface area contributed by atoms with Crippen molar-refractivity contribution in [3.8, 4) is 11.5 Å². The third-order valence-electron chi connectivity index (χ3n) is 3.99. The van der Waals surface area contributed by atoms with Gasteiger partial charge >= 0.3 is 0 Å². The van der Waals surface area contributed by atoms with Crippen molar-refractivity contribution in [2.45, 2.75) is 25.8 Å². The second-order valence-electron chi connectivity index (χ2n) is 5.18. The van der Waals surface area contributed by atoms with Crippen molar-refractivity contribution in [2.24, 2.45) is 0 Å². The first-order valence-electron chi connectivity index (χ1n) is 7.46. The number of methoxy groups -OCH3 is 2. The number of ether oxygens (including phenoxy) is 2. The predicted octanol–water partition coefficient (Wildman–Crippen LogP) is 2.45. The van der Waals surface area contributed by atoms with Gasteiger partial charge in [0.15, 0.2) is 11.5 Å². The summed E-state index contributed by atoms with van der Waals surface area (Å²) in [4.78, 5) is 2.57. The topological polar surface area (TPSA) is 33.7 Å². The van der Waals surface area contributed by atoms with E-state index in [0.29, 0.717) is 6.04 Å². The number of nitrogens with zero attached hydrogens (tertiary/aromatic N) is 1. The average molecular weight is 278 g/mol. The van der Waals surface area contributed by atoms with E-state index < -0.39 is 0 Å². The number of hydrogen-bond acceptors (Lipinski definition) is 4. The molecule has 2 rings (SSSR count). The molecule has 112 valence electrons. The van der Waals surface area contributed by atoms with Crippen molar-refractivity contribution in [2.75, 3.05) is 40.4 Å². The molecule has 0 aromatic heterocycles. The Morgan fingerprint density at radius 2 is 1.95 bits per heavy atom.